The third kappa shape index (κ3) is 2.00. The normalized spacial score (nSPS) is 14.9. The number of para-hydroxylation sites is 1. The summed E-state index contributed by atoms with van der Waals surface area (Å²) in [4.78, 5) is 0. The Hall–Kier alpha value is -2.31. The van der Waals surface area contributed by atoms with E-state index >= 15 is 0 Å². The summed E-state index contributed by atoms with van der Waals surface area (Å²) < 4.78 is 11.4. The van der Waals surface area contributed by atoms with E-state index in [4.69, 9.17) is 9.27 Å². The van der Waals surface area contributed by atoms with Crippen LogP contribution < -0.4 is 15.1 Å². The van der Waals surface area contributed by atoms with Crippen LogP contribution in [0.25, 0.3) is 0 Å². The molecular formula is C18H14NOP. The van der Waals surface area contributed by atoms with Gasteiger partial charge in [0, 0.05) is 10.6 Å². The lowest BCUT2D eigenvalue weighted by atomic mass is 10.3. The molecule has 0 fully saturated rings. The summed E-state index contributed by atoms with van der Waals surface area (Å²) in [6.07, 6.45) is 0. The van der Waals surface area contributed by atoms with Crippen molar-refractivity contribution in [2.24, 2.45) is 4.74 Å². The molecule has 0 unspecified atom stereocenters. The quantitative estimate of drug-likeness (QED) is 0.638. The van der Waals surface area contributed by atoms with Crippen molar-refractivity contribution in [3.63, 3.8) is 0 Å². The Morgan fingerprint density at radius 3 is 1.71 bits per heavy atom. The fraction of sp³-hybridized carbons (Fsp3) is 0. The van der Waals surface area contributed by atoms with E-state index in [1.165, 1.54) is 0 Å². The molecule has 3 aromatic rings. The van der Waals surface area contributed by atoms with Crippen molar-refractivity contribution in [1.82, 2.24) is 0 Å². The van der Waals surface area contributed by atoms with Crippen LogP contribution in [0.4, 0.5) is 5.69 Å². The zero-order chi connectivity index (χ0) is 14.1. The summed E-state index contributed by atoms with van der Waals surface area (Å²) in [7, 11) is -2.21. The molecule has 1 aliphatic rings. The van der Waals surface area contributed by atoms with Gasteiger partial charge in [0.15, 0.2) is 13.0 Å². The lowest BCUT2D eigenvalue weighted by molar-refractivity contribution is 0.636. The zero-order valence-corrected chi connectivity index (χ0v) is 12.3. The molecule has 2 nitrogen and oxygen atoms in total. The Morgan fingerprint density at radius 1 is 0.619 bits per heavy atom. The summed E-state index contributed by atoms with van der Waals surface area (Å²) in [6.45, 7) is 0. The molecule has 0 saturated heterocycles. The number of fused-ring (bicyclic) bond motifs is 1. The van der Waals surface area contributed by atoms with E-state index in [2.05, 4.69) is 24.3 Å². The highest BCUT2D eigenvalue weighted by atomic mass is 31.2. The van der Waals surface area contributed by atoms with Crippen LogP contribution in [0.3, 0.4) is 0 Å². The molecular weight excluding hydrogens is 277 g/mol. The molecule has 0 amide bonds. The van der Waals surface area contributed by atoms with Crippen LogP contribution in [0.1, 0.15) is 0 Å². The van der Waals surface area contributed by atoms with Crippen molar-refractivity contribution >= 4 is 23.6 Å². The van der Waals surface area contributed by atoms with Crippen LogP contribution in [0.15, 0.2) is 89.7 Å². The highest BCUT2D eigenvalue weighted by Gasteiger charge is 2.33. The van der Waals surface area contributed by atoms with Crippen molar-refractivity contribution in [1.29, 1.82) is 0 Å². The first-order valence-corrected chi connectivity index (χ1v) is 8.57. The number of hydrogen-bond acceptors (Lipinski definition) is 2. The second kappa shape index (κ2) is 4.91. The minimum absolute atomic E-state index is 0.874. The van der Waals surface area contributed by atoms with Gasteiger partial charge in [0.25, 0.3) is 0 Å². The molecule has 0 atom stereocenters. The van der Waals surface area contributed by atoms with Crippen LogP contribution in [0.2, 0.25) is 0 Å². The van der Waals surface area contributed by atoms with E-state index in [9.17, 15) is 0 Å². The number of rotatable bonds is 2. The first-order chi connectivity index (χ1) is 10.4. The Balaban J connectivity index is 1.99. The molecule has 0 radical (unpaired) electrons. The molecule has 1 aliphatic heterocycles. The second-order valence-electron chi connectivity index (χ2n) is 4.91. The minimum atomic E-state index is -2.21. The van der Waals surface area contributed by atoms with Crippen LogP contribution in [0, 0.1) is 0 Å². The highest BCUT2D eigenvalue weighted by Crippen LogP contribution is 2.58. The minimum Gasteiger partial charge on any atom is -0.449 e. The molecule has 0 aromatic heterocycles. The Labute approximate surface area is 124 Å². The SMILES string of the molecule is c1ccc(P2(c3ccccc3)=Nc3ccccc3O2)cc1. The topological polar surface area (TPSA) is 21.6 Å². The van der Waals surface area contributed by atoms with E-state index in [-0.39, 0.29) is 0 Å². The standard InChI is InChI=1S/C18H14NOP/c1-3-9-15(10-4-1)21(16-11-5-2-6-12-16)19-17-13-7-8-14-18(17)20-21/h1-14H. The zero-order valence-electron chi connectivity index (χ0n) is 11.4. The molecule has 102 valence electrons. The summed E-state index contributed by atoms with van der Waals surface area (Å²) in [6, 6.07) is 28.6. The van der Waals surface area contributed by atoms with Crippen LogP contribution >= 0.6 is 7.28 Å². The maximum absolute atomic E-state index is 6.41. The maximum atomic E-state index is 6.41. The number of nitrogens with zero attached hydrogens (tertiary/aromatic N) is 1. The second-order valence-corrected chi connectivity index (χ2v) is 7.47. The van der Waals surface area contributed by atoms with Crippen LogP contribution in [-0.2, 0) is 0 Å². The molecule has 0 spiro atoms. The van der Waals surface area contributed by atoms with E-state index in [1.807, 2.05) is 60.7 Å². The lowest BCUT2D eigenvalue weighted by Gasteiger charge is -2.21. The summed E-state index contributed by atoms with van der Waals surface area (Å²) in [5.74, 6) is 0.874. The third-order valence-electron chi connectivity index (χ3n) is 3.56. The first kappa shape index (κ1) is 12.4. The van der Waals surface area contributed by atoms with E-state index in [0.717, 1.165) is 22.0 Å². The Morgan fingerprint density at radius 2 is 1.14 bits per heavy atom. The van der Waals surface area contributed by atoms with Crippen molar-refractivity contribution in [2.75, 3.05) is 0 Å². The van der Waals surface area contributed by atoms with Crippen molar-refractivity contribution in [3.8, 4) is 5.75 Å². The Kier molecular flexibility index (Phi) is 2.90. The number of benzene rings is 3. The van der Waals surface area contributed by atoms with Gasteiger partial charge in [-0.15, -0.1) is 0 Å². The summed E-state index contributed by atoms with van der Waals surface area (Å²) in [5, 5.41) is 2.29. The third-order valence-corrected chi connectivity index (χ3v) is 6.51. The van der Waals surface area contributed by atoms with Gasteiger partial charge < -0.3 is 4.52 Å². The summed E-state index contributed by atoms with van der Waals surface area (Å²) >= 11 is 0. The maximum Gasteiger partial charge on any atom is 0.197 e. The summed E-state index contributed by atoms with van der Waals surface area (Å²) in [5.41, 5.74) is 0.943. The Bertz CT molecular complexity index is 785. The monoisotopic (exact) mass is 291 g/mol. The fourth-order valence-electron chi connectivity index (χ4n) is 2.56. The van der Waals surface area contributed by atoms with E-state index in [1.54, 1.807) is 0 Å². The molecule has 21 heavy (non-hydrogen) atoms. The predicted molar refractivity (Wildman–Crippen MR) is 88.2 cm³/mol. The van der Waals surface area contributed by atoms with Gasteiger partial charge in [-0.3, -0.25) is 0 Å². The van der Waals surface area contributed by atoms with Gasteiger partial charge in [0.05, 0.1) is 0 Å². The van der Waals surface area contributed by atoms with Crippen LogP contribution in [0.5, 0.6) is 5.75 Å². The van der Waals surface area contributed by atoms with Gasteiger partial charge in [-0.05, 0) is 36.4 Å². The van der Waals surface area contributed by atoms with E-state index in [0.29, 0.717) is 0 Å². The molecule has 4 rings (SSSR count). The first-order valence-electron chi connectivity index (χ1n) is 6.91. The molecule has 0 N–H and O–H groups in total. The fourth-order valence-corrected chi connectivity index (χ4v) is 5.40. The molecule has 0 bridgehead atoms. The van der Waals surface area contributed by atoms with Gasteiger partial charge in [-0.25, -0.2) is 4.74 Å². The predicted octanol–water partition coefficient (Wildman–Crippen LogP) is 4.48. The largest absolute Gasteiger partial charge is 0.449 e. The van der Waals surface area contributed by atoms with Crippen molar-refractivity contribution < 1.29 is 4.52 Å². The van der Waals surface area contributed by atoms with Crippen molar-refractivity contribution in [2.45, 2.75) is 0 Å². The smallest absolute Gasteiger partial charge is 0.197 e. The molecule has 0 aliphatic carbocycles. The van der Waals surface area contributed by atoms with Gasteiger partial charge in [0.1, 0.15) is 5.69 Å². The lowest BCUT2D eigenvalue weighted by Crippen LogP contribution is -2.18. The molecule has 0 saturated carbocycles. The molecule has 3 aromatic carbocycles. The molecule has 1 heterocycles. The van der Waals surface area contributed by atoms with Gasteiger partial charge >= 0.3 is 0 Å². The average molecular weight is 291 g/mol. The van der Waals surface area contributed by atoms with Gasteiger partial charge in [-0.1, -0.05) is 48.5 Å². The average Bonchev–Trinajstić information content (AvgIpc) is 2.97. The molecule has 3 heteroatoms. The van der Waals surface area contributed by atoms with Gasteiger partial charge in [-0.2, -0.15) is 0 Å². The number of hydrogen-bond donors (Lipinski definition) is 0. The van der Waals surface area contributed by atoms with E-state index < -0.39 is 7.28 Å². The highest BCUT2D eigenvalue weighted by molar-refractivity contribution is 7.77. The van der Waals surface area contributed by atoms with Crippen molar-refractivity contribution in [3.05, 3.63) is 84.9 Å². The van der Waals surface area contributed by atoms with Crippen LogP contribution in [-0.4, -0.2) is 0 Å². The van der Waals surface area contributed by atoms with Gasteiger partial charge in [0.2, 0.25) is 0 Å².